The molecule has 0 amide bonds. The van der Waals surface area contributed by atoms with Gasteiger partial charge in [0.25, 0.3) is 0 Å². The zero-order valence-corrected chi connectivity index (χ0v) is 18.9. The summed E-state index contributed by atoms with van der Waals surface area (Å²) in [5, 5.41) is 28.8. The van der Waals surface area contributed by atoms with E-state index >= 15 is 0 Å². The summed E-state index contributed by atoms with van der Waals surface area (Å²) in [5.74, 6) is 1.55. The van der Waals surface area contributed by atoms with E-state index in [4.69, 9.17) is 14.8 Å². The van der Waals surface area contributed by atoms with E-state index in [0.29, 0.717) is 24.9 Å². The van der Waals surface area contributed by atoms with Gasteiger partial charge < -0.3 is 20.3 Å². The Hall–Kier alpha value is -1.40. The molecule has 0 spiro atoms. The number of aliphatic hydroxyl groups excluding tert-OH is 2. The highest BCUT2D eigenvalue weighted by Crippen LogP contribution is 2.42. The van der Waals surface area contributed by atoms with Crippen molar-refractivity contribution in [3.05, 3.63) is 42.1 Å². The minimum Gasteiger partial charge on any atom is -0.394 e. The monoisotopic (exact) mass is 451 g/mol. The first-order chi connectivity index (χ1) is 14.5. The van der Waals surface area contributed by atoms with E-state index < -0.39 is 10.7 Å². The largest absolute Gasteiger partial charge is 0.394 e. The number of ether oxygens (including phenoxy) is 1. The molecule has 10 heteroatoms. The van der Waals surface area contributed by atoms with E-state index in [1.165, 1.54) is 17.3 Å². The quantitative estimate of drug-likeness (QED) is 0.142. The molecule has 0 saturated carbocycles. The Labute approximate surface area is 185 Å². The lowest BCUT2D eigenvalue weighted by Gasteiger charge is -2.38. The van der Waals surface area contributed by atoms with Crippen molar-refractivity contribution in [2.45, 2.75) is 40.3 Å². The first kappa shape index (κ1) is 23.3. The number of nitrogens with zero attached hydrogens (tertiary/aromatic N) is 2. The number of hydrogen-bond acceptors (Lipinski definition) is 10. The highest BCUT2D eigenvalue weighted by atomic mass is 32.2. The molecule has 0 aliphatic carbocycles. The van der Waals surface area contributed by atoms with Crippen molar-refractivity contribution in [3.63, 3.8) is 0 Å². The van der Waals surface area contributed by atoms with Crippen molar-refractivity contribution >= 4 is 29.3 Å². The van der Waals surface area contributed by atoms with Gasteiger partial charge in [-0.3, -0.25) is 10.6 Å². The van der Waals surface area contributed by atoms with Crippen LogP contribution in [-0.2, 0) is 10.5 Å². The van der Waals surface area contributed by atoms with E-state index in [1.807, 2.05) is 38.2 Å². The van der Waals surface area contributed by atoms with Crippen LogP contribution in [0, 0.1) is 0 Å². The van der Waals surface area contributed by atoms with Crippen LogP contribution in [0.2, 0.25) is 0 Å². The molecule has 164 valence electrons. The van der Waals surface area contributed by atoms with Crippen LogP contribution in [0.25, 0.3) is 0 Å². The van der Waals surface area contributed by atoms with Crippen LogP contribution < -0.4 is 16.0 Å². The molecule has 1 aromatic carbocycles. The van der Waals surface area contributed by atoms with Gasteiger partial charge in [0.2, 0.25) is 5.12 Å². The number of anilines is 1. The lowest BCUT2D eigenvalue weighted by molar-refractivity contribution is 0.0895. The minimum absolute atomic E-state index is 0.00160. The summed E-state index contributed by atoms with van der Waals surface area (Å²) in [6.07, 6.45) is 1.83. The van der Waals surface area contributed by atoms with Crippen LogP contribution in [0.3, 0.4) is 0 Å². The van der Waals surface area contributed by atoms with Crippen LogP contribution in [-0.4, -0.2) is 63.8 Å². The maximum atomic E-state index is 9.74. The average Bonchev–Trinajstić information content (AvgIpc) is 3.09. The van der Waals surface area contributed by atoms with Gasteiger partial charge in [-0.1, -0.05) is 53.9 Å². The lowest BCUT2D eigenvalue weighted by Crippen LogP contribution is -2.65. The van der Waals surface area contributed by atoms with Gasteiger partial charge in [0.15, 0.2) is 5.16 Å². The molecule has 2 aromatic rings. The second kappa shape index (κ2) is 10.8. The van der Waals surface area contributed by atoms with Crippen LogP contribution in [0.4, 0.5) is 5.82 Å². The summed E-state index contributed by atoms with van der Waals surface area (Å²) in [6, 6.07) is 10.2. The molecule has 1 aliphatic rings. The number of benzene rings is 1. The Bertz CT molecular complexity index is 812. The van der Waals surface area contributed by atoms with E-state index in [1.54, 1.807) is 11.8 Å². The zero-order valence-electron chi connectivity index (χ0n) is 17.2. The smallest absolute Gasteiger partial charge is 0.200 e. The lowest BCUT2D eigenvalue weighted by atomic mass is 10.1. The van der Waals surface area contributed by atoms with Gasteiger partial charge in [-0.25, -0.2) is 9.97 Å². The van der Waals surface area contributed by atoms with Crippen LogP contribution in [0.5, 0.6) is 0 Å². The maximum absolute atomic E-state index is 9.74. The normalized spacial score (nSPS) is 18.3. The fourth-order valence-electron chi connectivity index (χ4n) is 2.83. The number of aromatic nitrogens is 2. The number of aliphatic hydroxyl groups is 2. The molecule has 1 atom stereocenters. The number of fused-ring (bicyclic) bond motifs is 1. The van der Waals surface area contributed by atoms with Crippen LogP contribution >= 0.6 is 23.5 Å². The Morgan fingerprint density at radius 3 is 2.77 bits per heavy atom. The van der Waals surface area contributed by atoms with Gasteiger partial charge in [-0.15, -0.1) is 0 Å². The van der Waals surface area contributed by atoms with Gasteiger partial charge in [-0.2, -0.15) is 0 Å². The Morgan fingerprint density at radius 2 is 2.03 bits per heavy atom. The predicted molar refractivity (Wildman–Crippen MR) is 120 cm³/mol. The molecule has 1 aliphatic heterocycles. The van der Waals surface area contributed by atoms with Gasteiger partial charge in [0, 0.05) is 24.0 Å². The molecule has 1 aromatic heterocycles. The second-order valence-electron chi connectivity index (χ2n) is 7.48. The summed E-state index contributed by atoms with van der Waals surface area (Å²) >= 11 is 3.12. The van der Waals surface area contributed by atoms with Crippen molar-refractivity contribution in [1.82, 2.24) is 20.6 Å². The van der Waals surface area contributed by atoms with Crippen molar-refractivity contribution in [3.8, 4) is 0 Å². The van der Waals surface area contributed by atoms with Gasteiger partial charge in [0.1, 0.15) is 5.82 Å². The highest BCUT2D eigenvalue weighted by molar-refractivity contribution is 8.01. The first-order valence-electron chi connectivity index (χ1n) is 9.80. The summed E-state index contributed by atoms with van der Waals surface area (Å²) < 4.78 is 5.36. The topological polar surface area (TPSA) is 112 Å². The Balaban J connectivity index is 1.68. The van der Waals surface area contributed by atoms with Crippen molar-refractivity contribution < 1.29 is 14.9 Å². The molecule has 8 nitrogen and oxygen atoms in total. The molecule has 0 radical (unpaired) electrons. The molecular formula is C20H29N5O3S2. The second-order valence-corrected chi connectivity index (χ2v) is 9.68. The van der Waals surface area contributed by atoms with E-state index in [2.05, 4.69) is 33.1 Å². The van der Waals surface area contributed by atoms with Crippen molar-refractivity contribution in [2.24, 2.45) is 0 Å². The molecule has 0 bridgehead atoms. The zero-order chi connectivity index (χ0) is 21.5. The summed E-state index contributed by atoms with van der Waals surface area (Å²) in [7, 11) is 0. The molecule has 0 saturated heterocycles. The molecule has 30 heavy (non-hydrogen) atoms. The van der Waals surface area contributed by atoms with Crippen LogP contribution in [0.15, 0.2) is 46.6 Å². The molecule has 3 rings (SSSR count). The van der Waals surface area contributed by atoms with E-state index in [0.717, 1.165) is 16.5 Å². The molecule has 0 fully saturated rings. The SMILES string of the molecule is CC(C)(CO)NC1(NCCOCCO)Nc2nc(SCc3ccccc3)ncc2S1. The number of thioether (sulfide) groups is 2. The number of nitrogens with one attached hydrogen (secondary N) is 3. The summed E-state index contributed by atoms with van der Waals surface area (Å²) in [4.78, 5) is 10.1. The Morgan fingerprint density at radius 1 is 1.23 bits per heavy atom. The first-order valence-corrected chi connectivity index (χ1v) is 11.6. The number of hydrogen-bond donors (Lipinski definition) is 5. The summed E-state index contributed by atoms with van der Waals surface area (Å²) in [6.45, 7) is 5.13. The third-order valence-electron chi connectivity index (χ3n) is 4.27. The molecule has 5 N–H and O–H groups in total. The maximum Gasteiger partial charge on any atom is 0.200 e. The Kier molecular flexibility index (Phi) is 8.35. The molecule has 2 heterocycles. The van der Waals surface area contributed by atoms with Crippen LogP contribution in [0.1, 0.15) is 19.4 Å². The fourth-order valence-corrected chi connectivity index (χ4v) is 4.88. The van der Waals surface area contributed by atoms with Gasteiger partial charge >= 0.3 is 0 Å². The molecular weight excluding hydrogens is 422 g/mol. The summed E-state index contributed by atoms with van der Waals surface area (Å²) in [5.41, 5.74) is 0.693. The third-order valence-corrected chi connectivity index (χ3v) is 6.37. The van der Waals surface area contributed by atoms with Crippen molar-refractivity contribution in [1.29, 1.82) is 0 Å². The third kappa shape index (κ3) is 6.55. The fraction of sp³-hybridized carbons (Fsp3) is 0.500. The van der Waals surface area contributed by atoms with Crippen molar-refractivity contribution in [2.75, 3.05) is 38.3 Å². The standard InChI is InChI=1S/C20H29N5O3S2/c1-19(2,14-27)25-20(22-8-10-28-11-9-26)24-17-16(30-20)12-21-18(23-17)29-13-15-6-4-3-5-7-15/h3-7,12,22,25-27H,8-11,13-14H2,1-2H3,(H,21,23,24). The average molecular weight is 452 g/mol. The van der Waals surface area contributed by atoms with E-state index in [9.17, 15) is 5.11 Å². The van der Waals surface area contributed by atoms with E-state index in [-0.39, 0.29) is 13.2 Å². The minimum atomic E-state index is -0.755. The molecule has 1 unspecified atom stereocenters. The predicted octanol–water partition coefficient (Wildman–Crippen LogP) is 1.86. The van der Waals surface area contributed by atoms with Gasteiger partial charge in [0.05, 0.1) is 31.3 Å². The number of rotatable bonds is 12. The highest BCUT2D eigenvalue weighted by Gasteiger charge is 2.42. The van der Waals surface area contributed by atoms with Gasteiger partial charge in [-0.05, 0) is 19.4 Å².